The molecule has 23 heavy (non-hydrogen) atoms. The molecule has 6 heteroatoms. The van der Waals surface area contributed by atoms with Crippen molar-refractivity contribution in [2.75, 3.05) is 6.61 Å². The van der Waals surface area contributed by atoms with Gasteiger partial charge in [-0.15, -0.1) is 10.2 Å². The molecule has 2 aromatic carbocycles. The Bertz CT molecular complexity index is 674. The van der Waals surface area contributed by atoms with Gasteiger partial charge >= 0.3 is 0 Å². The molecule has 0 bridgehead atoms. The lowest BCUT2D eigenvalue weighted by atomic mass is 10.2. The smallest absolute Gasteiger partial charge is 0.205 e. The van der Waals surface area contributed by atoms with Gasteiger partial charge in [0.05, 0.1) is 19.8 Å². The van der Waals surface area contributed by atoms with E-state index in [1.54, 1.807) is 0 Å². The van der Waals surface area contributed by atoms with Crippen LogP contribution in [0.15, 0.2) is 60.7 Å². The molecule has 0 aliphatic heterocycles. The average molecular weight is 310 g/mol. The van der Waals surface area contributed by atoms with Crippen LogP contribution in [-0.4, -0.2) is 27.2 Å². The van der Waals surface area contributed by atoms with Crippen molar-refractivity contribution >= 4 is 0 Å². The number of ether oxygens (including phenoxy) is 2. The second-order valence-electron chi connectivity index (χ2n) is 5.06. The van der Waals surface area contributed by atoms with Crippen molar-refractivity contribution in [3.8, 4) is 0 Å². The summed E-state index contributed by atoms with van der Waals surface area (Å²) in [4.78, 5) is 0. The monoisotopic (exact) mass is 310 g/mol. The first-order valence-electron chi connectivity index (χ1n) is 7.42. The molecule has 0 radical (unpaired) electrons. The maximum absolute atomic E-state index is 5.90. The molecular formula is C17H18N4O2. The molecule has 1 aromatic heterocycles. The normalized spacial score (nSPS) is 12.2. The molecule has 6 nitrogen and oxygen atoms in total. The van der Waals surface area contributed by atoms with Gasteiger partial charge in [-0.25, -0.2) is 0 Å². The molecule has 0 amide bonds. The van der Waals surface area contributed by atoms with Gasteiger partial charge in [0.1, 0.15) is 6.10 Å². The van der Waals surface area contributed by atoms with E-state index >= 15 is 0 Å². The summed E-state index contributed by atoms with van der Waals surface area (Å²) in [5.41, 5.74) is 2.20. The fourth-order valence-corrected chi connectivity index (χ4v) is 2.13. The minimum Gasteiger partial charge on any atom is -0.374 e. The standard InChI is InChI=1S/C17H18N4O2/c1-3-7-14(8-4-1)11-22-13-16(17-18-20-21-19-17)23-12-15-9-5-2-6-10-15/h1-10,16H,11-13H2,(H,18,19,20,21). The van der Waals surface area contributed by atoms with Crippen LogP contribution in [0.4, 0.5) is 0 Å². The third-order valence-electron chi connectivity index (χ3n) is 3.32. The minimum absolute atomic E-state index is 0.362. The van der Waals surface area contributed by atoms with Gasteiger partial charge in [0.15, 0.2) is 0 Å². The summed E-state index contributed by atoms with van der Waals surface area (Å²) in [6, 6.07) is 20.0. The SMILES string of the molecule is c1ccc(COCC(OCc2ccccc2)c2nn[nH]n2)cc1. The fourth-order valence-electron chi connectivity index (χ4n) is 2.13. The molecule has 3 rings (SSSR count). The molecule has 0 saturated carbocycles. The minimum atomic E-state index is -0.363. The van der Waals surface area contributed by atoms with E-state index in [1.807, 2.05) is 60.7 Å². The van der Waals surface area contributed by atoms with E-state index in [1.165, 1.54) is 0 Å². The van der Waals surface area contributed by atoms with Gasteiger partial charge in [-0.1, -0.05) is 65.9 Å². The summed E-state index contributed by atoms with van der Waals surface area (Å²) in [7, 11) is 0. The molecule has 1 atom stereocenters. The van der Waals surface area contributed by atoms with Gasteiger partial charge in [0.2, 0.25) is 5.82 Å². The van der Waals surface area contributed by atoms with Crippen molar-refractivity contribution in [3.63, 3.8) is 0 Å². The molecule has 118 valence electrons. The van der Waals surface area contributed by atoms with Crippen LogP contribution in [-0.2, 0) is 22.7 Å². The third kappa shape index (κ3) is 4.70. The van der Waals surface area contributed by atoms with Crippen LogP contribution < -0.4 is 0 Å². The van der Waals surface area contributed by atoms with Crippen molar-refractivity contribution in [1.29, 1.82) is 0 Å². The largest absolute Gasteiger partial charge is 0.374 e. The number of nitrogens with one attached hydrogen (secondary N) is 1. The summed E-state index contributed by atoms with van der Waals surface area (Å²) in [6.07, 6.45) is -0.363. The molecule has 0 fully saturated rings. The first-order chi connectivity index (χ1) is 11.4. The number of hydrogen-bond donors (Lipinski definition) is 1. The van der Waals surface area contributed by atoms with Crippen LogP contribution >= 0.6 is 0 Å². The van der Waals surface area contributed by atoms with E-state index in [-0.39, 0.29) is 6.10 Å². The highest BCUT2D eigenvalue weighted by Gasteiger charge is 2.17. The predicted molar refractivity (Wildman–Crippen MR) is 84.2 cm³/mol. The second kappa shape index (κ2) is 8.17. The fraction of sp³-hybridized carbons (Fsp3) is 0.235. The lowest BCUT2D eigenvalue weighted by Crippen LogP contribution is -2.14. The first-order valence-corrected chi connectivity index (χ1v) is 7.42. The maximum atomic E-state index is 5.90. The molecule has 0 saturated heterocycles. The second-order valence-corrected chi connectivity index (χ2v) is 5.06. The van der Waals surface area contributed by atoms with Crippen molar-refractivity contribution in [3.05, 3.63) is 77.6 Å². The van der Waals surface area contributed by atoms with Gasteiger partial charge in [0, 0.05) is 0 Å². The first kappa shape index (κ1) is 15.3. The zero-order chi connectivity index (χ0) is 15.7. The summed E-state index contributed by atoms with van der Waals surface area (Å²) < 4.78 is 11.6. The van der Waals surface area contributed by atoms with Crippen molar-refractivity contribution in [2.45, 2.75) is 19.3 Å². The predicted octanol–water partition coefficient (Wildman–Crippen LogP) is 2.67. The lowest BCUT2D eigenvalue weighted by molar-refractivity contribution is -0.0356. The van der Waals surface area contributed by atoms with Gasteiger partial charge in [0.25, 0.3) is 0 Å². The topological polar surface area (TPSA) is 72.9 Å². The average Bonchev–Trinajstić information content (AvgIpc) is 3.14. The number of aromatic nitrogens is 4. The number of nitrogens with zero attached hydrogens (tertiary/aromatic N) is 3. The number of rotatable bonds is 8. The third-order valence-corrected chi connectivity index (χ3v) is 3.32. The van der Waals surface area contributed by atoms with Crippen LogP contribution in [0.2, 0.25) is 0 Å². The van der Waals surface area contributed by atoms with E-state index in [9.17, 15) is 0 Å². The molecule has 1 unspecified atom stereocenters. The van der Waals surface area contributed by atoms with E-state index in [2.05, 4.69) is 20.6 Å². The van der Waals surface area contributed by atoms with E-state index in [0.29, 0.717) is 25.6 Å². The van der Waals surface area contributed by atoms with Gasteiger partial charge in [-0.3, -0.25) is 0 Å². The number of tetrazole rings is 1. The molecule has 0 aliphatic rings. The molecule has 1 N–H and O–H groups in total. The molecule has 0 spiro atoms. The zero-order valence-corrected chi connectivity index (χ0v) is 12.6. The van der Waals surface area contributed by atoms with Gasteiger partial charge in [-0.2, -0.15) is 5.21 Å². The van der Waals surface area contributed by atoms with Crippen LogP contribution in [0.5, 0.6) is 0 Å². The van der Waals surface area contributed by atoms with E-state index < -0.39 is 0 Å². The highest BCUT2D eigenvalue weighted by molar-refractivity contribution is 5.14. The van der Waals surface area contributed by atoms with Crippen molar-refractivity contribution in [2.24, 2.45) is 0 Å². The number of aromatic amines is 1. The van der Waals surface area contributed by atoms with Gasteiger partial charge in [-0.05, 0) is 11.1 Å². The molecule has 1 heterocycles. The van der Waals surface area contributed by atoms with E-state index in [0.717, 1.165) is 11.1 Å². The van der Waals surface area contributed by atoms with E-state index in [4.69, 9.17) is 9.47 Å². The Hall–Kier alpha value is -2.57. The quantitative estimate of drug-likeness (QED) is 0.692. The van der Waals surface area contributed by atoms with Crippen LogP contribution in [0.3, 0.4) is 0 Å². The molecule has 3 aromatic rings. The Morgan fingerprint density at radius 3 is 2.13 bits per heavy atom. The maximum Gasteiger partial charge on any atom is 0.205 e. The summed E-state index contributed by atoms with van der Waals surface area (Å²) in [6.45, 7) is 1.35. The van der Waals surface area contributed by atoms with Crippen LogP contribution in [0.1, 0.15) is 23.1 Å². The zero-order valence-electron chi connectivity index (χ0n) is 12.6. The highest BCUT2D eigenvalue weighted by atomic mass is 16.5. The van der Waals surface area contributed by atoms with Crippen LogP contribution in [0.25, 0.3) is 0 Å². The van der Waals surface area contributed by atoms with Crippen LogP contribution in [0, 0.1) is 0 Å². The Kier molecular flexibility index (Phi) is 5.44. The Labute approximate surface area is 134 Å². The Balaban J connectivity index is 1.56. The highest BCUT2D eigenvalue weighted by Crippen LogP contribution is 2.16. The number of hydrogen-bond acceptors (Lipinski definition) is 5. The summed E-state index contributed by atoms with van der Waals surface area (Å²) >= 11 is 0. The Morgan fingerprint density at radius 1 is 0.870 bits per heavy atom. The number of H-pyrrole nitrogens is 1. The number of benzene rings is 2. The Morgan fingerprint density at radius 2 is 1.52 bits per heavy atom. The van der Waals surface area contributed by atoms with Crippen molar-refractivity contribution < 1.29 is 9.47 Å². The summed E-state index contributed by atoms with van der Waals surface area (Å²) in [5, 5.41) is 14.0. The summed E-state index contributed by atoms with van der Waals surface area (Å²) in [5.74, 6) is 0.494. The van der Waals surface area contributed by atoms with Gasteiger partial charge < -0.3 is 9.47 Å². The molecule has 0 aliphatic carbocycles. The lowest BCUT2D eigenvalue weighted by Gasteiger charge is -2.15. The van der Waals surface area contributed by atoms with Crippen molar-refractivity contribution in [1.82, 2.24) is 20.6 Å². The molecular weight excluding hydrogens is 292 g/mol.